The smallest absolute Gasteiger partial charge is 0.354 e. The fraction of sp³-hybridized carbons (Fsp3) is 0.370. The average molecular weight is 580 g/mol. The van der Waals surface area contributed by atoms with Gasteiger partial charge in [-0.3, -0.25) is 4.79 Å². The Morgan fingerprint density at radius 3 is 2.42 bits per heavy atom. The summed E-state index contributed by atoms with van der Waals surface area (Å²) in [7, 11) is -4.02. The molecule has 0 unspecified atom stereocenters. The molecule has 40 heavy (non-hydrogen) atoms. The van der Waals surface area contributed by atoms with Crippen molar-refractivity contribution in [2.24, 2.45) is 0 Å². The minimum Gasteiger partial charge on any atom is -0.354 e. The third-order valence-corrected chi connectivity index (χ3v) is 8.39. The summed E-state index contributed by atoms with van der Waals surface area (Å²) < 4.78 is 79.7. The van der Waals surface area contributed by atoms with Gasteiger partial charge in [0.2, 0.25) is 21.9 Å². The summed E-state index contributed by atoms with van der Waals surface area (Å²) in [6, 6.07) is 9.62. The lowest BCUT2D eigenvalue weighted by atomic mass is 10.1. The molecule has 2 heterocycles. The minimum absolute atomic E-state index is 0.0572. The molecule has 1 aliphatic heterocycles. The van der Waals surface area contributed by atoms with Gasteiger partial charge >= 0.3 is 6.18 Å². The van der Waals surface area contributed by atoms with Gasteiger partial charge in [0, 0.05) is 18.7 Å². The number of nitrogens with one attached hydrogen (secondary N) is 2. The van der Waals surface area contributed by atoms with E-state index in [0.717, 1.165) is 53.5 Å². The zero-order chi connectivity index (χ0) is 28.9. The molecule has 0 saturated carbocycles. The van der Waals surface area contributed by atoms with Crippen molar-refractivity contribution >= 4 is 21.9 Å². The van der Waals surface area contributed by atoms with Crippen LogP contribution in [0.2, 0.25) is 0 Å². The van der Waals surface area contributed by atoms with E-state index >= 15 is 0 Å². The lowest BCUT2D eigenvalue weighted by Gasteiger charge is -2.23. The van der Waals surface area contributed by atoms with Gasteiger partial charge in [0.25, 0.3) is 0 Å². The Kier molecular flexibility index (Phi) is 9.04. The van der Waals surface area contributed by atoms with E-state index < -0.39 is 39.5 Å². The van der Waals surface area contributed by atoms with E-state index in [1.165, 1.54) is 12.1 Å². The van der Waals surface area contributed by atoms with E-state index in [1.54, 1.807) is 6.07 Å². The summed E-state index contributed by atoms with van der Waals surface area (Å²) in [6.07, 6.45) is -1.90. The number of hydrogen-bond acceptors (Lipinski definition) is 6. The van der Waals surface area contributed by atoms with Gasteiger partial charge in [-0.25, -0.2) is 22.8 Å². The number of unbranched alkanes of at least 4 members (excludes halogenated alkanes) is 1. The molecular weight excluding hydrogens is 550 g/mol. The second-order valence-corrected chi connectivity index (χ2v) is 11.3. The Hall–Kier alpha value is -3.58. The van der Waals surface area contributed by atoms with Crippen molar-refractivity contribution < 1.29 is 30.8 Å². The fourth-order valence-electron chi connectivity index (χ4n) is 4.35. The lowest BCUT2D eigenvalue weighted by Crippen LogP contribution is -2.45. The molecule has 8 nitrogen and oxygen atoms in total. The highest BCUT2D eigenvalue weighted by atomic mass is 32.2. The molecule has 214 valence electrons. The molecule has 4 rings (SSSR count). The predicted octanol–water partition coefficient (Wildman–Crippen LogP) is 4.98. The number of amides is 1. The maximum atomic E-state index is 13.3. The summed E-state index contributed by atoms with van der Waals surface area (Å²) in [4.78, 5) is 21.8. The molecule has 13 heteroatoms. The van der Waals surface area contributed by atoms with Crippen molar-refractivity contribution in [2.45, 2.75) is 56.3 Å². The Morgan fingerprint density at radius 2 is 1.77 bits per heavy atom. The van der Waals surface area contributed by atoms with Crippen LogP contribution in [-0.4, -0.2) is 47.7 Å². The molecule has 1 aliphatic rings. The highest BCUT2D eigenvalue weighted by molar-refractivity contribution is 7.89. The number of rotatable bonds is 10. The van der Waals surface area contributed by atoms with Crippen LogP contribution in [0.4, 0.5) is 23.5 Å². The third-order valence-electron chi connectivity index (χ3n) is 6.47. The Labute approximate surface area is 229 Å². The van der Waals surface area contributed by atoms with Gasteiger partial charge in [0.1, 0.15) is 11.9 Å². The Morgan fingerprint density at radius 1 is 1.07 bits per heavy atom. The largest absolute Gasteiger partial charge is 0.416 e. The monoisotopic (exact) mass is 579 g/mol. The van der Waals surface area contributed by atoms with Crippen molar-refractivity contribution in [3.05, 3.63) is 71.7 Å². The van der Waals surface area contributed by atoms with Crippen molar-refractivity contribution in [1.29, 1.82) is 0 Å². The molecule has 0 spiro atoms. The maximum absolute atomic E-state index is 13.3. The predicted molar refractivity (Wildman–Crippen MR) is 141 cm³/mol. The summed E-state index contributed by atoms with van der Waals surface area (Å²) in [5.41, 5.74) is 0.418. The van der Waals surface area contributed by atoms with Gasteiger partial charge in [0.05, 0.1) is 28.4 Å². The van der Waals surface area contributed by atoms with E-state index in [9.17, 15) is 30.8 Å². The molecule has 0 bridgehead atoms. The number of alkyl halides is 3. The van der Waals surface area contributed by atoms with Crippen LogP contribution in [0, 0.1) is 5.82 Å². The van der Waals surface area contributed by atoms with Gasteiger partial charge in [-0.1, -0.05) is 25.5 Å². The van der Waals surface area contributed by atoms with Crippen molar-refractivity contribution in [2.75, 3.05) is 18.4 Å². The van der Waals surface area contributed by atoms with E-state index in [0.29, 0.717) is 36.3 Å². The SMILES string of the molecule is CCCCNc1nc(CNC(=O)[C@@H]2CCCN2S(=O)(=O)c2ccc(F)cc2)cc(-c2ccc(C(F)(F)F)cc2)n1. The second-order valence-electron chi connectivity index (χ2n) is 9.37. The van der Waals surface area contributed by atoms with Crippen LogP contribution < -0.4 is 10.6 Å². The zero-order valence-corrected chi connectivity index (χ0v) is 22.5. The maximum Gasteiger partial charge on any atom is 0.416 e. The molecule has 1 fully saturated rings. The molecule has 1 amide bonds. The van der Waals surface area contributed by atoms with Crippen LogP contribution in [0.15, 0.2) is 59.5 Å². The third kappa shape index (κ3) is 6.94. The first kappa shape index (κ1) is 29.4. The molecule has 2 N–H and O–H groups in total. The first-order chi connectivity index (χ1) is 19.0. The summed E-state index contributed by atoms with van der Waals surface area (Å²) in [5.74, 6) is -0.825. The minimum atomic E-state index is -4.47. The lowest BCUT2D eigenvalue weighted by molar-refractivity contribution is -0.137. The molecular formula is C27H29F4N5O3S. The topological polar surface area (TPSA) is 104 Å². The van der Waals surface area contributed by atoms with E-state index in [-0.39, 0.29) is 23.9 Å². The van der Waals surface area contributed by atoms with Crippen molar-refractivity contribution in [3.63, 3.8) is 0 Å². The number of benzene rings is 2. The van der Waals surface area contributed by atoms with Gasteiger partial charge < -0.3 is 10.6 Å². The zero-order valence-electron chi connectivity index (χ0n) is 21.7. The number of carbonyl (C=O) groups is 1. The number of carbonyl (C=O) groups excluding carboxylic acids is 1. The first-order valence-electron chi connectivity index (χ1n) is 12.8. The Balaban J connectivity index is 1.52. The van der Waals surface area contributed by atoms with Crippen LogP contribution in [0.5, 0.6) is 0 Å². The quantitative estimate of drug-likeness (QED) is 0.259. The van der Waals surface area contributed by atoms with Crippen LogP contribution >= 0.6 is 0 Å². The number of aromatic nitrogens is 2. The van der Waals surface area contributed by atoms with Crippen LogP contribution in [0.25, 0.3) is 11.3 Å². The highest BCUT2D eigenvalue weighted by Gasteiger charge is 2.39. The first-order valence-corrected chi connectivity index (χ1v) is 14.3. The van der Waals surface area contributed by atoms with Crippen molar-refractivity contribution in [3.8, 4) is 11.3 Å². The van der Waals surface area contributed by atoms with Crippen LogP contribution in [-0.2, 0) is 27.5 Å². The number of sulfonamides is 1. The second kappa shape index (κ2) is 12.3. The van der Waals surface area contributed by atoms with Crippen LogP contribution in [0.3, 0.4) is 0 Å². The van der Waals surface area contributed by atoms with E-state index in [1.807, 2.05) is 6.92 Å². The normalized spacial score (nSPS) is 16.2. The van der Waals surface area contributed by atoms with Crippen molar-refractivity contribution in [1.82, 2.24) is 19.6 Å². The average Bonchev–Trinajstić information content (AvgIpc) is 3.43. The van der Waals surface area contributed by atoms with E-state index in [2.05, 4.69) is 20.6 Å². The number of hydrogen-bond donors (Lipinski definition) is 2. The van der Waals surface area contributed by atoms with Gasteiger partial charge in [-0.2, -0.15) is 17.5 Å². The number of anilines is 1. The molecule has 2 aromatic carbocycles. The summed E-state index contributed by atoms with van der Waals surface area (Å²) >= 11 is 0. The molecule has 3 aromatic rings. The van der Waals surface area contributed by atoms with Crippen LogP contribution in [0.1, 0.15) is 43.9 Å². The van der Waals surface area contributed by atoms with Gasteiger partial charge in [-0.15, -0.1) is 0 Å². The highest BCUT2D eigenvalue weighted by Crippen LogP contribution is 2.31. The van der Waals surface area contributed by atoms with E-state index in [4.69, 9.17) is 0 Å². The molecule has 1 atom stereocenters. The number of halogens is 4. The molecule has 0 radical (unpaired) electrons. The molecule has 1 saturated heterocycles. The Bertz CT molecular complexity index is 1430. The summed E-state index contributed by atoms with van der Waals surface area (Å²) in [5, 5.41) is 5.83. The number of nitrogens with zero attached hydrogens (tertiary/aromatic N) is 3. The summed E-state index contributed by atoms with van der Waals surface area (Å²) in [6.45, 7) is 2.69. The standard InChI is InChI=1S/C27H29F4N5O3S/c1-2-3-14-32-26-34-21(16-23(35-26)18-6-8-19(9-7-18)27(29,30)31)17-33-25(37)24-5-4-15-36(24)40(38,39)22-12-10-20(28)11-13-22/h6-13,16,24H,2-5,14-15,17H2,1H3,(H,33,37)(H,32,34,35)/t24-/m0/s1. The fourth-order valence-corrected chi connectivity index (χ4v) is 6.01. The van der Waals surface area contributed by atoms with Gasteiger partial charge in [0.15, 0.2) is 0 Å². The van der Waals surface area contributed by atoms with Gasteiger partial charge in [-0.05, 0) is 61.7 Å². The molecule has 0 aliphatic carbocycles. The molecule has 1 aromatic heterocycles.